The summed E-state index contributed by atoms with van der Waals surface area (Å²) in [7, 11) is 0. The second-order valence-electron chi connectivity index (χ2n) is 2.06. The highest BCUT2D eigenvalue weighted by atomic mass is 35.5. The number of carbonyl (C=O) groups is 1. The molecular weight excluding hydrogens is 181 g/mol. The molecule has 0 unspecified atom stereocenters. The lowest BCUT2D eigenvalue weighted by molar-refractivity contribution is 0.112. The zero-order valence-corrected chi connectivity index (χ0v) is 6.60. The van der Waals surface area contributed by atoms with Crippen LogP contribution < -0.4 is 0 Å². The quantitative estimate of drug-likeness (QED) is 0.626. The van der Waals surface area contributed by atoms with Crippen LogP contribution in [0.15, 0.2) is 12.1 Å². The number of benzene rings is 1. The fraction of sp³-hybridized carbons (Fsp3) is 0. The first kappa shape index (κ1) is 8.69. The Morgan fingerprint density at radius 2 is 2.25 bits per heavy atom. The molecule has 0 aliphatic carbocycles. The van der Waals surface area contributed by atoms with Gasteiger partial charge >= 0.3 is 0 Å². The molecule has 0 aliphatic heterocycles. The zero-order valence-electron chi connectivity index (χ0n) is 5.84. The normalized spacial score (nSPS) is 9.08. The van der Waals surface area contributed by atoms with E-state index in [1.165, 1.54) is 12.1 Å². The molecule has 0 atom stereocenters. The van der Waals surface area contributed by atoms with Crippen LogP contribution in [0.1, 0.15) is 15.9 Å². The first-order chi connectivity index (χ1) is 5.70. The van der Waals surface area contributed by atoms with Gasteiger partial charge in [-0.1, -0.05) is 11.6 Å². The van der Waals surface area contributed by atoms with E-state index in [2.05, 4.69) is 0 Å². The standard InChI is InChI=1S/C8H3ClFNO/c9-7-5(3-11)1-2-6(4-12)8(7)10/h1-2,4H. The number of hydrogen-bond donors (Lipinski definition) is 0. The van der Waals surface area contributed by atoms with Gasteiger partial charge in [0.1, 0.15) is 6.07 Å². The van der Waals surface area contributed by atoms with Crippen LogP contribution in [0.25, 0.3) is 0 Å². The summed E-state index contributed by atoms with van der Waals surface area (Å²) in [5, 5.41) is 8.11. The monoisotopic (exact) mass is 183 g/mol. The van der Waals surface area contributed by atoms with Gasteiger partial charge < -0.3 is 0 Å². The third kappa shape index (κ3) is 1.29. The molecule has 0 bridgehead atoms. The lowest BCUT2D eigenvalue weighted by atomic mass is 10.1. The van der Waals surface area contributed by atoms with Gasteiger partial charge in [-0.3, -0.25) is 4.79 Å². The SMILES string of the molecule is N#Cc1ccc(C=O)c(F)c1Cl. The van der Waals surface area contributed by atoms with Crippen LogP contribution in [0.5, 0.6) is 0 Å². The summed E-state index contributed by atoms with van der Waals surface area (Å²) in [6, 6.07) is 4.22. The van der Waals surface area contributed by atoms with E-state index in [1.807, 2.05) is 0 Å². The molecule has 0 fully saturated rings. The minimum atomic E-state index is -0.842. The highest BCUT2D eigenvalue weighted by Crippen LogP contribution is 2.21. The summed E-state index contributed by atoms with van der Waals surface area (Å²) in [5.41, 5.74) is -0.112. The van der Waals surface area contributed by atoms with Gasteiger partial charge in [0.2, 0.25) is 0 Å². The van der Waals surface area contributed by atoms with Gasteiger partial charge in [-0.15, -0.1) is 0 Å². The number of aldehydes is 1. The molecule has 0 amide bonds. The van der Waals surface area contributed by atoms with Gasteiger partial charge in [0.25, 0.3) is 0 Å². The molecule has 4 heteroatoms. The molecule has 0 aromatic heterocycles. The molecule has 0 N–H and O–H groups in total. The summed E-state index contributed by atoms with van der Waals surface area (Å²) in [6.45, 7) is 0. The molecule has 0 heterocycles. The number of nitriles is 1. The van der Waals surface area contributed by atoms with Crippen molar-refractivity contribution in [3.8, 4) is 6.07 Å². The van der Waals surface area contributed by atoms with E-state index in [-0.39, 0.29) is 16.1 Å². The molecule has 0 saturated carbocycles. The molecular formula is C8H3ClFNO. The highest BCUT2D eigenvalue weighted by molar-refractivity contribution is 6.32. The number of halogens is 2. The predicted molar refractivity (Wildman–Crippen MR) is 41.5 cm³/mol. The molecule has 0 spiro atoms. The molecule has 0 saturated heterocycles. The van der Waals surface area contributed by atoms with Crippen LogP contribution in [0.3, 0.4) is 0 Å². The van der Waals surface area contributed by atoms with E-state index in [0.29, 0.717) is 6.29 Å². The van der Waals surface area contributed by atoms with Gasteiger partial charge in [0.05, 0.1) is 16.1 Å². The van der Waals surface area contributed by atoms with E-state index in [4.69, 9.17) is 16.9 Å². The van der Waals surface area contributed by atoms with Crippen molar-refractivity contribution in [2.45, 2.75) is 0 Å². The molecule has 2 nitrogen and oxygen atoms in total. The molecule has 1 aromatic rings. The number of hydrogen-bond acceptors (Lipinski definition) is 2. The van der Waals surface area contributed by atoms with Gasteiger partial charge in [0.15, 0.2) is 12.1 Å². The Bertz CT molecular complexity index is 370. The molecule has 1 rings (SSSR count). The van der Waals surface area contributed by atoms with Gasteiger partial charge in [-0.2, -0.15) is 5.26 Å². The zero-order chi connectivity index (χ0) is 9.14. The molecule has 0 aliphatic rings. The average molecular weight is 184 g/mol. The minimum Gasteiger partial charge on any atom is -0.298 e. The van der Waals surface area contributed by atoms with Gasteiger partial charge in [-0.25, -0.2) is 4.39 Å². The van der Waals surface area contributed by atoms with Gasteiger partial charge in [-0.05, 0) is 12.1 Å². The Morgan fingerprint density at radius 3 is 2.75 bits per heavy atom. The molecule has 12 heavy (non-hydrogen) atoms. The summed E-state index contributed by atoms with van der Waals surface area (Å²) in [5.74, 6) is -0.842. The topological polar surface area (TPSA) is 40.9 Å². The Morgan fingerprint density at radius 1 is 1.58 bits per heavy atom. The van der Waals surface area contributed by atoms with E-state index in [0.717, 1.165) is 0 Å². The second kappa shape index (κ2) is 3.33. The van der Waals surface area contributed by atoms with Crippen LogP contribution in [0.4, 0.5) is 4.39 Å². The third-order valence-corrected chi connectivity index (χ3v) is 1.73. The van der Waals surface area contributed by atoms with Crippen LogP contribution in [0, 0.1) is 17.1 Å². The van der Waals surface area contributed by atoms with E-state index in [9.17, 15) is 9.18 Å². The van der Waals surface area contributed by atoms with Crippen molar-refractivity contribution in [1.29, 1.82) is 5.26 Å². The third-order valence-electron chi connectivity index (χ3n) is 1.36. The van der Waals surface area contributed by atoms with Crippen molar-refractivity contribution < 1.29 is 9.18 Å². The maximum Gasteiger partial charge on any atom is 0.153 e. The fourth-order valence-electron chi connectivity index (χ4n) is 0.742. The summed E-state index contributed by atoms with van der Waals surface area (Å²) in [4.78, 5) is 10.2. The first-order valence-electron chi connectivity index (χ1n) is 3.04. The average Bonchev–Trinajstić information content (AvgIpc) is 2.10. The summed E-state index contributed by atoms with van der Waals surface area (Å²) >= 11 is 5.42. The number of rotatable bonds is 1. The first-order valence-corrected chi connectivity index (χ1v) is 3.41. The Labute approximate surface area is 73.2 Å². The van der Waals surface area contributed by atoms with Crippen LogP contribution in [-0.4, -0.2) is 6.29 Å². The van der Waals surface area contributed by atoms with Crippen LogP contribution >= 0.6 is 11.6 Å². The van der Waals surface area contributed by atoms with Crippen molar-refractivity contribution in [2.24, 2.45) is 0 Å². The lowest BCUT2D eigenvalue weighted by Gasteiger charge is -1.98. The summed E-state index contributed by atoms with van der Waals surface area (Å²) in [6.07, 6.45) is 0.350. The van der Waals surface area contributed by atoms with Crippen LogP contribution in [0.2, 0.25) is 5.02 Å². The maximum atomic E-state index is 12.9. The predicted octanol–water partition coefficient (Wildman–Crippen LogP) is 2.16. The Hall–Kier alpha value is -1.40. The highest BCUT2D eigenvalue weighted by Gasteiger charge is 2.09. The van der Waals surface area contributed by atoms with E-state index in [1.54, 1.807) is 6.07 Å². The minimum absolute atomic E-state index is 0.0276. The van der Waals surface area contributed by atoms with Crippen LogP contribution in [-0.2, 0) is 0 Å². The molecule has 1 aromatic carbocycles. The van der Waals surface area contributed by atoms with E-state index < -0.39 is 5.82 Å². The Balaban J connectivity index is 3.41. The van der Waals surface area contributed by atoms with Crippen molar-refractivity contribution >= 4 is 17.9 Å². The fourth-order valence-corrected chi connectivity index (χ4v) is 0.956. The number of carbonyl (C=O) groups excluding carboxylic acids is 1. The second-order valence-corrected chi connectivity index (χ2v) is 2.44. The maximum absolute atomic E-state index is 12.9. The van der Waals surface area contributed by atoms with Crippen molar-refractivity contribution in [3.63, 3.8) is 0 Å². The summed E-state index contributed by atoms with van der Waals surface area (Å²) < 4.78 is 12.9. The number of nitrogens with zero attached hydrogens (tertiary/aromatic N) is 1. The largest absolute Gasteiger partial charge is 0.298 e. The molecule has 0 radical (unpaired) electrons. The molecule has 60 valence electrons. The van der Waals surface area contributed by atoms with Crippen molar-refractivity contribution in [1.82, 2.24) is 0 Å². The van der Waals surface area contributed by atoms with Crippen molar-refractivity contribution in [2.75, 3.05) is 0 Å². The van der Waals surface area contributed by atoms with Crippen molar-refractivity contribution in [3.05, 3.63) is 34.1 Å². The smallest absolute Gasteiger partial charge is 0.153 e. The van der Waals surface area contributed by atoms with Gasteiger partial charge in [0, 0.05) is 0 Å². The van der Waals surface area contributed by atoms with E-state index >= 15 is 0 Å². The lowest BCUT2D eigenvalue weighted by Crippen LogP contribution is -1.90. The Kier molecular flexibility index (Phi) is 2.41.